The van der Waals surface area contributed by atoms with Crippen molar-refractivity contribution in [3.63, 3.8) is 0 Å². The number of rotatable bonds is 6. The van der Waals surface area contributed by atoms with Gasteiger partial charge in [-0.3, -0.25) is 9.59 Å². The molecule has 2 atom stereocenters. The van der Waals surface area contributed by atoms with Crippen molar-refractivity contribution in [2.75, 3.05) is 42.2 Å². The van der Waals surface area contributed by atoms with Gasteiger partial charge in [-0.05, 0) is 55.0 Å². The van der Waals surface area contributed by atoms with E-state index in [4.69, 9.17) is 0 Å². The second kappa shape index (κ2) is 8.91. The normalized spacial score (nSPS) is 21.6. The van der Waals surface area contributed by atoms with Crippen molar-refractivity contribution in [1.29, 1.82) is 0 Å². The molecule has 5 nitrogen and oxygen atoms in total. The Hall–Kier alpha value is -2.47. The Morgan fingerprint density at radius 2 is 1.83 bits per heavy atom. The summed E-state index contributed by atoms with van der Waals surface area (Å²) in [7, 11) is 0. The highest BCUT2D eigenvalue weighted by Crippen LogP contribution is 2.28. The van der Waals surface area contributed by atoms with Gasteiger partial charge in [0, 0.05) is 48.9 Å². The molecule has 2 heterocycles. The SMILES string of the molecule is CSc1ccc(N2C[C@H](C(=O)NC[C@@H]3CCN(c4ccccc4)C3)CC2=O)cc1. The van der Waals surface area contributed by atoms with Crippen LogP contribution in [0.3, 0.4) is 0 Å². The van der Waals surface area contributed by atoms with E-state index in [0.717, 1.165) is 30.1 Å². The van der Waals surface area contributed by atoms with Gasteiger partial charge in [0.2, 0.25) is 11.8 Å². The van der Waals surface area contributed by atoms with Crippen LogP contribution in [0.5, 0.6) is 0 Å². The third kappa shape index (κ3) is 4.58. The number of carbonyl (C=O) groups is 2. The van der Waals surface area contributed by atoms with E-state index in [1.165, 1.54) is 5.69 Å². The van der Waals surface area contributed by atoms with Gasteiger partial charge in [0.1, 0.15) is 0 Å². The van der Waals surface area contributed by atoms with E-state index in [2.05, 4.69) is 34.5 Å². The lowest BCUT2D eigenvalue weighted by Gasteiger charge is -2.19. The minimum Gasteiger partial charge on any atom is -0.371 e. The molecular formula is C23H27N3O2S. The minimum atomic E-state index is -0.269. The van der Waals surface area contributed by atoms with Crippen molar-refractivity contribution in [2.24, 2.45) is 11.8 Å². The topological polar surface area (TPSA) is 52.7 Å². The number of nitrogens with zero attached hydrogens (tertiary/aromatic N) is 2. The predicted molar refractivity (Wildman–Crippen MR) is 118 cm³/mol. The molecule has 0 saturated carbocycles. The van der Waals surface area contributed by atoms with E-state index in [0.29, 0.717) is 19.0 Å². The van der Waals surface area contributed by atoms with Crippen molar-refractivity contribution < 1.29 is 9.59 Å². The number of hydrogen-bond acceptors (Lipinski definition) is 4. The number of carbonyl (C=O) groups excluding carboxylic acids is 2. The summed E-state index contributed by atoms with van der Waals surface area (Å²) in [6.45, 7) is 3.12. The highest BCUT2D eigenvalue weighted by molar-refractivity contribution is 7.98. The summed E-state index contributed by atoms with van der Waals surface area (Å²) in [5.41, 5.74) is 2.11. The van der Waals surface area contributed by atoms with Crippen molar-refractivity contribution in [2.45, 2.75) is 17.7 Å². The number of para-hydroxylation sites is 1. The molecule has 29 heavy (non-hydrogen) atoms. The molecule has 4 rings (SSSR count). The average Bonchev–Trinajstić information content (AvgIpc) is 3.40. The van der Waals surface area contributed by atoms with Gasteiger partial charge in [-0.1, -0.05) is 18.2 Å². The molecule has 2 aliphatic rings. The van der Waals surface area contributed by atoms with Crippen molar-refractivity contribution >= 4 is 35.0 Å². The maximum Gasteiger partial charge on any atom is 0.227 e. The van der Waals surface area contributed by atoms with Crippen LogP contribution in [0.15, 0.2) is 59.5 Å². The fraction of sp³-hybridized carbons (Fsp3) is 0.391. The summed E-state index contributed by atoms with van der Waals surface area (Å²) < 4.78 is 0. The molecule has 2 amide bonds. The summed E-state index contributed by atoms with van der Waals surface area (Å²) in [4.78, 5) is 30.4. The van der Waals surface area contributed by atoms with E-state index in [-0.39, 0.29) is 24.2 Å². The van der Waals surface area contributed by atoms with Gasteiger partial charge in [-0.2, -0.15) is 0 Å². The molecule has 0 aromatic heterocycles. The molecule has 152 valence electrons. The van der Waals surface area contributed by atoms with E-state index in [1.54, 1.807) is 16.7 Å². The first-order valence-electron chi connectivity index (χ1n) is 10.2. The molecule has 0 radical (unpaired) electrons. The van der Waals surface area contributed by atoms with Crippen LogP contribution in [0.4, 0.5) is 11.4 Å². The van der Waals surface area contributed by atoms with Gasteiger partial charge >= 0.3 is 0 Å². The van der Waals surface area contributed by atoms with Crippen molar-refractivity contribution in [3.05, 3.63) is 54.6 Å². The summed E-state index contributed by atoms with van der Waals surface area (Å²) in [5, 5.41) is 3.10. The molecule has 0 unspecified atom stereocenters. The number of nitrogens with one attached hydrogen (secondary N) is 1. The van der Waals surface area contributed by atoms with Gasteiger partial charge in [0.15, 0.2) is 0 Å². The average molecular weight is 410 g/mol. The Kier molecular flexibility index (Phi) is 6.09. The summed E-state index contributed by atoms with van der Waals surface area (Å²) >= 11 is 1.67. The van der Waals surface area contributed by atoms with Crippen LogP contribution in [0.25, 0.3) is 0 Å². The van der Waals surface area contributed by atoms with E-state index < -0.39 is 0 Å². The second-order valence-electron chi connectivity index (χ2n) is 7.78. The van der Waals surface area contributed by atoms with Crippen LogP contribution in [0, 0.1) is 11.8 Å². The molecule has 2 aliphatic heterocycles. The summed E-state index contributed by atoms with van der Waals surface area (Å²) in [6, 6.07) is 18.3. The van der Waals surface area contributed by atoms with Crippen LogP contribution < -0.4 is 15.1 Å². The molecule has 2 aromatic carbocycles. The molecule has 1 N–H and O–H groups in total. The van der Waals surface area contributed by atoms with E-state index in [9.17, 15) is 9.59 Å². The standard InChI is InChI=1S/C23H27N3O2S/c1-29-21-9-7-20(8-10-21)26-16-18(13-22(26)27)23(28)24-14-17-11-12-25(15-17)19-5-3-2-4-6-19/h2-10,17-18H,11-16H2,1H3,(H,24,28)/t17-,18+/m0/s1. The molecule has 2 saturated heterocycles. The lowest BCUT2D eigenvalue weighted by molar-refractivity contribution is -0.126. The van der Waals surface area contributed by atoms with Crippen LogP contribution in [0.1, 0.15) is 12.8 Å². The van der Waals surface area contributed by atoms with Gasteiger partial charge in [0.05, 0.1) is 5.92 Å². The molecule has 0 aliphatic carbocycles. The van der Waals surface area contributed by atoms with Crippen LogP contribution >= 0.6 is 11.8 Å². The summed E-state index contributed by atoms with van der Waals surface area (Å²) in [5.74, 6) is 0.207. The predicted octanol–water partition coefficient (Wildman–Crippen LogP) is 3.40. The Morgan fingerprint density at radius 1 is 1.07 bits per heavy atom. The first-order chi connectivity index (χ1) is 14.1. The highest BCUT2D eigenvalue weighted by atomic mass is 32.2. The molecular weight excluding hydrogens is 382 g/mol. The lowest BCUT2D eigenvalue weighted by Crippen LogP contribution is -2.36. The zero-order valence-corrected chi connectivity index (χ0v) is 17.5. The Bertz CT molecular complexity index is 856. The third-order valence-corrected chi connectivity index (χ3v) is 6.60. The molecule has 6 heteroatoms. The molecule has 0 spiro atoms. The number of hydrogen-bond donors (Lipinski definition) is 1. The highest BCUT2D eigenvalue weighted by Gasteiger charge is 2.35. The van der Waals surface area contributed by atoms with Crippen LogP contribution in [-0.4, -0.2) is 44.2 Å². The molecule has 0 bridgehead atoms. The number of anilines is 2. The zero-order chi connectivity index (χ0) is 20.2. The Labute approximate surface area is 176 Å². The van der Waals surface area contributed by atoms with Crippen LogP contribution in [-0.2, 0) is 9.59 Å². The fourth-order valence-electron chi connectivity index (χ4n) is 4.16. The maximum atomic E-state index is 12.7. The lowest BCUT2D eigenvalue weighted by atomic mass is 10.1. The summed E-state index contributed by atoms with van der Waals surface area (Å²) in [6.07, 6.45) is 3.39. The van der Waals surface area contributed by atoms with E-state index in [1.807, 2.05) is 36.6 Å². The van der Waals surface area contributed by atoms with Gasteiger partial charge < -0.3 is 15.1 Å². The first kappa shape index (κ1) is 19.8. The fourth-order valence-corrected chi connectivity index (χ4v) is 4.57. The Balaban J connectivity index is 1.27. The van der Waals surface area contributed by atoms with Crippen molar-refractivity contribution in [1.82, 2.24) is 5.32 Å². The smallest absolute Gasteiger partial charge is 0.227 e. The molecule has 2 fully saturated rings. The molecule has 2 aromatic rings. The maximum absolute atomic E-state index is 12.7. The Morgan fingerprint density at radius 3 is 2.55 bits per heavy atom. The monoisotopic (exact) mass is 409 g/mol. The van der Waals surface area contributed by atoms with Crippen molar-refractivity contribution in [3.8, 4) is 0 Å². The first-order valence-corrected chi connectivity index (χ1v) is 11.4. The number of thioether (sulfide) groups is 1. The van der Waals surface area contributed by atoms with Gasteiger partial charge in [-0.15, -0.1) is 11.8 Å². The van der Waals surface area contributed by atoms with Crippen LogP contribution in [0.2, 0.25) is 0 Å². The number of benzene rings is 2. The second-order valence-corrected chi connectivity index (χ2v) is 8.66. The number of amides is 2. The largest absolute Gasteiger partial charge is 0.371 e. The zero-order valence-electron chi connectivity index (χ0n) is 16.7. The van der Waals surface area contributed by atoms with E-state index >= 15 is 0 Å². The quantitative estimate of drug-likeness (QED) is 0.743. The van der Waals surface area contributed by atoms with Gasteiger partial charge in [0.25, 0.3) is 0 Å². The van der Waals surface area contributed by atoms with Gasteiger partial charge in [-0.25, -0.2) is 0 Å². The minimum absolute atomic E-state index is 0.000236. The third-order valence-electron chi connectivity index (χ3n) is 5.85.